The van der Waals surface area contributed by atoms with Crippen molar-refractivity contribution in [3.05, 3.63) is 66.1 Å². The highest BCUT2D eigenvalue weighted by molar-refractivity contribution is 5.92. The lowest BCUT2D eigenvalue weighted by Crippen LogP contribution is -2.41. The number of aromatic nitrogens is 3. The lowest BCUT2D eigenvalue weighted by Gasteiger charge is -2.31. The minimum absolute atomic E-state index is 0.0136. The molecule has 1 aliphatic heterocycles. The van der Waals surface area contributed by atoms with E-state index in [0.717, 1.165) is 25.1 Å². The number of benzene rings is 1. The molecule has 1 saturated heterocycles. The summed E-state index contributed by atoms with van der Waals surface area (Å²) in [6, 6.07) is 11.3. The molecule has 1 aromatic carbocycles. The molecule has 1 amide bonds. The topological polar surface area (TPSA) is 80.2 Å². The number of hydrogen-bond donors (Lipinski definition) is 1. The summed E-state index contributed by atoms with van der Waals surface area (Å²) in [5.74, 6) is 1.77. The fourth-order valence-corrected chi connectivity index (χ4v) is 3.48. The van der Waals surface area contributed by atoms with E-state index in [4.69, 9.17) is 4.74 Å². The van der Waals surface area contributed by atoms with E-state index in [-0.39, 0.29) is 11.8 Å². The summed E-state index contributed by atoms with van der Waals surface area (Å²) in [6.07, 6.45) is 6.83. The average Bonchev–Trinajstić information content (AvgIpc) is 2.78. The van der Waals surface area contributed by atoms with E-state index in [2.05, 4.69) is 32.1 Å². The van der Waals surface area contributed by atoms with E-state index in [1.165, 1.54) is 11.1 Å². The highest BCUT2D eigenvalue weighted by Crippen LogP contribution is 2.24. The maximum absolute atomic E-state index is 12.8. The molecule has 0 bridgehead atoms. The highest BCUT2D eigenvalue weighted by Gasteiger charge is 2.27. The van der Waals surface area contributed by atoms with Crippen molar-refractivity contribution in [2.45, 2.75) is 26.7 Å². The molecule has 0 spiro atoms. The SMILES string of the molecule is Cc1ccc(Oc2ccc(NC(=O)[C@@H]3CCCN(c4ncccn4)C3)cn2)cc1C. The van der Waals surface area contributed by atoms with Crippen molar-refractivity contribution >= 4 is 17.5 Å². The maximum Gasteiger partial charge on any atom is 0.229 e. The van der Waals surface area contributed by atoms with Crippen LogP contribution in [0, 0.1) is 19.8 Å². The van der Waals surface area contributed by atoms with Gasteiger partial charge in [0.25, 0.3) is 0 Å². The Morgan fingerprint density at radius 3 is 2.67 bits per heavy atom. The third-order valence-corrected chi connectivity index (χ3v) is 5.33. The standard InChI is InChI=1S/C23H25N5O2/c1-16-6-8-20(13-17(16)2)30-21-9-7-19(14-26-21)27-22(29)18-5-3-12-28(15-18)23-24-10-4-11-25-23/h4,6-11,13-14,18H,3,5,12,15H2,1-2H3,(H,27,29)/t18-/m1/s1. The number of nitrogens with zero attached hydrogens (tertiary/aromatic N) is 4. The smallest absolute Gasteiger partial charge is 0.229 e. The van der Waals surface area contributed by atoms with Gasteiger partial charge < -0.3 is 15.0 Å². The molecule has 3 aromatic rings. The number of piperidine rings is 1. The summed E-state index contributed by atoms with van der Waals surface area (Å²) in [7, 11) is 0. The Hall–Kier alpha value is -3.48. The van der Waals surface area contributed by atoms with Crippen molar-refractivity contribution < 1.29 is 9.53 Å². The van der Waals surface area contributed by atoms with Gasteiger partial charge in [-0.2, -0.15) is 0 Å². The van der Waals surface area contributed by atoms with E-state index in [9.17, 15) is 4.79 Å². The number of anilines is 2. The summed E-state index contributed by atoms with van der Waals surface area (Å²) >= 11 is 0. The van der Waals surface area contributed by atoms with Gasteiger partial charge in [-0.05, 0) is 62.1 Å². The first kappa shape index (κ1) is 19.8. The maximum atomic E-state index is 12.8. The Morgan fingerprint density at radius 2 is 1.93 bits per heavy atom. The quantitative estimate of drug-likeness (QED) is 0.690. The molecular formula is C23H25N5O2. The van der Waals surface area contributed by atoms with Crippen LogP contribution in [0.3, 0.4) is 0 Å². The van der Waals surface area contributed by atoms with E-state index in [0.29, 0.717) is 24.1 Å². The first-order valence-corrected chi connectivity index (χ1v) is 10.1. The van der Waals surface area contributed by atoms with Crippen LogP contribution in [-0.2, 0) is 4.79 Å². The minimum atomic E-state index is -0.117. The summed E-state index contributed by atoms with van der Waals surface area (Å²) in [4.78, 5) is 27.7. The summed E-state index contributed by atoms with van der Waals surface area (Å²) in [5, 5.41) is 2.97. The Balaban J connectivity index is 1.35. The second kappa shape index (κ2) is 8.90. The van der Waals surface area contributed by atoms with Crippen molar-refractivity contribution in [3.63, 3.8) is 0 Å². The van der Waals surface area contributed by atoms with Gasteiger partial charge >= 0.3 is 0 Å². The number of amides is 1. The minimum Gasteiger partial charge on any atom is -0.439 e. The number of nitrogens with one attached hydrogen (secondary N) is 1. The molecule has 0 saturated carbocycles. The normalized spacial score (nSPS) is 16.2. The molecule has 2 aromatic heterocycles. The summed E-state index contributed by atoms with van der Waals surface area (Å²) in [5.41, 5.74) is 3.04. The second-order valence-electron chi connectivity index (χ2n) is 7.56. The Kier molecular flexibility index (Phi) is 5.88. The van der Waals surface area contributed by atoms with Gasteiger partial charge in [0, 0.05) is 31.5 Å². The van der Waals surface area contributed by atoms with E-state index < -0.39 is 0 Å². The Labute approximate surface area is 176 Å². The Bertz CT molecular complexity index is 1010. The fraction of sp³-hybridized carbons (Fsp3) is 0.304. The van der Waals surface area contributed by atoms with Crippen LogP contribution < -0.4 is 15.0 Å². The highest BCUT2D eigenvalue weighted by atomic mass is 16.5. The van der Waals surface area contributed by atoms with E-state index in [1.54, 1.807) is 30.7 Å². The van der Waals surface area contributed by atoms with Gasteiger partial charge in [0.15, 0.2) is 0 Å². The number of aryl methyl sites for hydroxylation is 2. The van der Waals surface area contributed by atoms with Crippen molar-refractivity contribution in [2.24, 2.45) is 5.92 Å². The largest absolute Gasteiger partial charge is 0.439 e. The van der Waals surface area contributed by atoms with E-state index in [1.807, 2.05) is 31.2 Å². The summed E-state index contributed by atoms with van der Waals surface area (Å²) < 4.78 is 5.81. The van der Waals surface area contributed by atoms with Crippen LogP contribution in [-0.4, -0.2) is 33.9 Å². The number of rotatable bonds is 5. The molecular weight excluding hydrogens is 378 g/mol. The molecule has 1 aliphatic rings. The third-order valence-electron chi connectivity index (χ3n) is 5.33. The summed E-state index contributed by atoms with van der Waals surface area (Å²) in [6.45, 7) is 5.58. The van der Waals surface area contributed by atoms with Crippen LogP contribution in [0.2, 0.25) is 0 Å². The predicted molar refractivity (Wildman–Crippen MR) is 116 cm³/mol. The first-order valence-electron chi connectivity index (χ1n) is 10.1. The lowest BCUT2D eigenvalue weighted by molar-refractivity contribution is -0.120. The number of pyridine rings is 1. The fourth-order valence-electron chi connectivity index (χ4n) is 3.48. The molecule has 0 aliphatic carbocycles. The predicted octanol–water partition coefficient (Wildman–Crippen LogP) is 4.14. The zero-order chi connectivity index (χ0) is 20.9. The average molecular weight is 403 g/mol. The number of ether oxygens (including phenoxy) is 1. The first-order chi connectivity index (χ1) is 14.6. The van der Waals surface area contributed by atoms with Crippen molar-refractivity contribution in [1.29, 1.82) is 0 Å². The number of carbonyl (C=O) groups excluding carboxylic acids is 1. The van der Waals surface area contributed by atoms with E-state index >= 15 is 0 Å². The zero-order valence-corrected chi connectivity index (χ0v) is 17.2. The molecule has 0 radical (unpaired) electrons. The second-order valence-corrected chi connectivity index (χ2v) is 7.56. The number of carbonyl (C=O) groups is 1. The van der Waals surface area contributed by atoms with Crippen LogP contribution in [0.1, 0.15) is 24.0 Å². The van der Waals surface area contributed by atoms with Crippen molar-refractivity contribution in [2.75, 3.05) is 23.3 Å². The lowest BCUT2D eigenvalue weighted by atomic mass is 9.97. The molecule has 7 heteroatoms. The molecule has 1 atom stereocenters. The van der Waals surface area contributed by atoms with Gasteiger partial charge in [-0.15, -0.1) is 0 Å². The molecule has 0 unspecified atom stereocenters. The molecule has 7 nitrogen and oxygen atoms in total. The molecule has 30 heavy (non-hydrogen) atoms. The van der Waals surface area contributed by atoms with Crippen LogP contribution in [0.4, 0.5) is 11.6 Å². The van der Waals surface area contributed by atoms with Crippen molar-refractivity contribution in [1.82, 2.24) is 15.0 Å². The van der Waals surface area contributed by atoms with Gasteiger partial charge in [0.1, 0.15) is 5.75 Å². The molecule has 1 N–H and O–H groups in total. The van der Waals surface area contributed by atoms with Crippen LogP contribution in [0.25, 0.3) is 0 Å². The van der Waals surface area contributed by atoms with Gasteiger partial charge in [0.2, 0.25) is 17.7 Å². The van der Waals surface area contributed by atoms with Gasteiger partial charge in [-0.3, -0.25) is 4.79 Å². The monoisotopic (exact) mass is 403 g/mol. The van der Waals surface area contributed by atoms with Crippen LogP contribution >= 0.6 is 0 Å². The zero-order valence-electron chi connectivity index (χ0n) is 17.2. The molecule has 154 valence electrons. The molecule has 1 fully saturated rings. The van der Waals surface area contributed by atoms with Crippen LogP contribution in [0.15, 0.2) is 55.0 Å². The van der Waals surface area contributed by atoms with Gasteiger partial charge in [0.05, 0.1) is 17.8 Å². The third kappa shape index (κ3) is 4.74. The molecule has 3 heterocycles. The van der Waals surface area contributed by atoms with Gasteiger partial charge in [-0.1, -0.05) is 6.07 Å². The Morgan fingerprint density at radius 1 is 1.10 bits per heavy atom. The number of hydrogen-bond acceptors (Lipinski definition) is 6. The molecule has 4 rings (SSSR count). The van der Waals surface area contributed by atoms with Crippen molar-refractivity contribution in [3.8, 4) is 11.6 Å². The van der Waals surface area contributed by atoms with Gasteiger partial charge in [-0.25, -0.2) is 15.0 Å². The van der Waals surface area contributed by atoms with Crippen LogP contribution in [0.5, 0.6) is 11.6 Å².